The van der Waals surface area contributed by atoms with Crippen LogP contribution >= 0.6 is 0 Å². The molecule has 0 heterocycles. The van der Waals surface area contributed by atoms with Gasteiger partial charge in [0.15, 0.2) is 5.96 Å². The van der Waals surface area contributed by atoms with Gasteiger partial charge in [-0.25, -0.2) is 4.99 Å². The second-order valence-corrected chi connectivity index (χ2v) is 6.82. The second-order valence-electron chi connectivity index (χ2n) is 6.82. The Labute approximate surface area is 146 Å². The lowest BCUT2D eigenvalue weighted by molar-refractivity contribution is -0.116. The molecule has 0 bridgehead atoms. The number of aliphatic imine (C=N–C) groups is 1. The number of benzene rings is 1. The molecule has 5 heteroatoms. The highest BCUT2D eigenvalue weighted by Crippen LogP contribution is 2.13. The van der Waals surface area contributed by atoms with Crippen molar-refractivity contribution in [2.45, 2.75) is 47.6 Å². The van der Waals surface area contributed by atoms with E-state index in [1.165, 1.54) is 0 Å². The van der Waals surface area contributed by atoms with E-state index in [4.69, 9.17) is 0 Å². The fourth-order valence-corrected chi connectivity index (χ4v) is 2.14. The molecule has 1 amide bonds. The van der Waals surface area contributed by atoms with Crippen LogP contribution in [0.2, 0.25) is 0 Å². The van der Waals surface area contributed by atoms with Crippen molar-refractivity contribution in [3.8, 4) is 0 Å². The molecule has 0 spiro atoms. The van der Waals surface area contributed by atoms with Crippen molar-refractivity contribution in [3.05, 3.63) is 29.8 Å². The second kappa shape index (κ2) is 10.7. The fourth-order valence-electron chi connectivity index (χ4n) is 2.14. The van der Waals surface area contributed by atoms with Crippen LogP contribution < -0.4 is 16.0 Å². The molecule has 0 aliphatic rings. The molecule has 1 rings (SSSR count). The maximum absolute atomic E-state index is 11.9. The summed E-state index contributed by atoms with van der Waals surface area (Å²) in [6, 6.07) is 7.86. The highest BCUT2D eigenvalue weighted by molar-refractivity contribution is 5.90. The number of carbonyl (C=O) groups is 1. The average molecular weight is 332 g/mol. The van der Waals surface area contributed by atoms with Crippen LogP contribution in [0.5, 0.6) is 0 Å². The van der Waals surface area contributed by atoms with Crippen LogP contribution in [-0.4, -0.2) is 25.0 Å². The number of amides is 1. The lowest BCUT2D eigenvalue weighted by atomic mass is 10.1. The molecule has 0 aliphatic carbocycles. The number of rotatable bonds is 8. The Morgan fingerprint density at radius 3 is 2.50 bits per heavy atom. The van der Waals surface area contributed by atoms with Crippen molar-refractivity contribution >= 4 is 17.6 Å². The van der Waals surface area contributed by atoms with Crippen LogP contribution in [0.25, 0.3) is 0 Å². The molecule has 0 atom stereocenters. The number of carbonyl (C=O) groups excluding carboxylic acids is 1. The van der Waals surface area contributed by atoms with E-state index < -0.39 is 0 Å². The molecule has 0 radical (unpaired) electrons. The van der Waals surface area contributed by atoms with Gasteiger partial charge in [-0.05, 0) is 36.5 Å². The predicted molar refractivity (Wildman–Crippen MR) is 102 cm³/mol. The van der Waals surface area contributed by atoms with Crippen LogP contribution in [0.3, 0.4) is 0 Å². The van der Waals surface area contributed by atoms with Gasteiger partial charge in [0.05, 0.1) is 6.54 Å². The van der Waals surface area contributed by atoms with E-state index in [1.54, 1.807) is 0 Å². The minimum absolute atomic E-state index is 0.0533. The first-order chi connectivity index (χ1) is 11.4. The minimum Gasteiger partial charge on any atom is -0.357 e. The molecule has 24 heavy (non-hydrogen) atoms. The Morgan fingerprint density at radius 1 is 1.12 bits per heavy atom. The standard InChI is InChI=1S/C19H32N4O/c1-6-20-19(21-12-15(4)5)22-13-16-8-7-9-17(11-16)23-18(24)10-14(2)3/h7-9,11,14-15H,6,10,12-13H2,1-5H3,(H,23,24)(H2,20,21,22). The summed E-state index contributed by atoms with van der Waals surface area (Å²) in [4.78, 5) is 16.5. The number of anilines is 1. The Balaban J connectivity index is 2.67. The van der Waals surface area contributed by atoms with Gasteiger partial charge in [0.1, 0.15) is 0 Å². The third-order valence-electron chi connectivity index (χ3n) is 3.25. The van der Waals surface area contributed by atoms with Crippen molar-refractivity contribution in [3.63, 3.8) is 0 Å². The summed E-state index contributed by atoms with van der Waals surface area (Å²) in [5.74, 6) is 1.79. The van der Waals surface area contributed by atoms with E-state index in [0.29, 0.717) is 24.8 Å². The van der Waals surface area contributed by atoms with Crippen molar-refractivity contribution in [2.75, 3.05) is 18.4 Å². The van der Waals surface area contributed by atoms with Gasteiger partial charge in [0.2, 0.25) is 5.91 Å². The molecule has 0 saturated carbocycles. The van der Waals surface area contributed by atoms with Crippen molar-refractivity contribution in [1.82, 2.24) is 10.6 Å². The molecular formula is C19H32N4O. The highest BCUT2D eigenvalue weighted by atomic mass is 16.1. The fraction of sp³-hybridized carbons (Fsp3) is 0.579. The summed E-state index contributed by atoms with van der Waals surface area (Å²) in [6.07, 6.45) is 0.534. The molecule has 0 fully saturated rings. The Kier molecular flexibility index (Phi) is 8.90. The molecule has 3 N–H and O–H groups in total. The summed E-state index contributed by atoms with van der Waals surface area (Å²) in [6.45, 7) is 12.7. The summed E-state index contributed by atoms with van der Waals surface area (Å²) in [5, 5.41) is 9.52. The van der Waals surface area contributed by atoms with Gasteiger partial charge in [-0.3, -0.25) is 4.79 Å². The summed E-state index contributed by atoms with van der Waals surface area (Å²) in [5.41, 5.74) is 1.90. The van der Waals surface area contributed by atoms with E-state index in [-0.39, 0.29) is 5.91 Å². The Hall–Kier alpha value is -2.04. The van der Waals surface area contributed by atoms with Crippen molar-refractivity contribution < 1.29 is 4.79 Å². The number of nitrogens with one attached hydrogen (secondary N) is 3. The normalized spacial score (nSPS) is 11.7. The zero-order chi connectivity index (χ0) is 17.9. The minimum atomic E-state index is 0.0533. The first-order valence-corrected chi connectivity index (χ1v) is 8.81. The van der Waals surface area contributed by atoms with E-state index in [2.05, 4.69) is 41.7 Å². The van der Waals surface area contributed by atoms with E-state index in [9.17, 15) is 4.79 Å². The highest BCUT2D eigenvalue weighted by Gasteiger charge is 2.06. The summed E-state index contributed by atoms with van der Waals surface area (Å²) in [7, 11) is 0. The predicted octanol–water partition coefficient (Wildman–Crippen LogP) is 3.38. The van der Waals surface area contributed by atoms with Crippen LogP contribution in [0.1, 0.15) is 46.6 Å². The van der Waals surface area contributed by atoms with Gasteiger partial charge in [-0.1, -0.05) is 39.8 Å². The third kappa shape index (κ3) is 8.56. The van der Waals surface area contributed by atoms with E-state index in [1.807, 2.05) is 38.1 Å². The lowest BCUT2D eigenvalue weighted by Gasteiger charge is -2.13. The third-order valence-corrected chi connectivity index (χ3v) is 3.25. The van der Waals surface area contributed by atoms with Gasteiger partial charge >= 0.3 is 0 Å². The molecule has 0 aromatic heterocycles. The number of hydrogen-bond donors (Lipinski definition) is 3. The topological polar surface area (TPSA) is 65.5 Å². The quantitative estimate of drug-likeness (QED) is 0.505. The monoisotopic (exact) mass is 332 g/mol. The Morgan fingerprint density at radius 2 is 1.88 bits per heavy atom. The molecule has 5 nitrogen and oxygen atoms in total. The van der Waals surface area contributed by atoms with E-state index in [0.717, 1.165) is 30.3 Å². The molecule has 0 unspecified atom stereocenters. The zero-order valence-corrected chi connectivity index (χ0v) is 15.6. The molecule has 1 aromatic carbocycles. The molecule has 1 aromatic rings. The Bertz CT molecular complexity index is 538. The molecule has 0 aliphatic heterocycles. The van der Waals surface area contributed by atoms with Gasteiger partial charge in [0, 0.05) is 25.2 Å². The maximum Gasteiger partial charge on any atom is 0.224 e. The zero-order valence-electron chi connectivity index (χ0n) is 15.6. The number of nitrogens with zero attached hydrogens (tertiary/aromatic N) is 1. The van der Waals surface area contributed by atoms with Crippen LogP contribution in [0.4, 0.5) is 5.69 Å². The van der Waals surface area contributed by atoms with Gasteiger partial charge < -0.3 is 16.0 Å². The summed E-state index contributed by atoms with van der Waals surface area (Å²) < 4.78 is 0. The van der Waals surface area contributed by atoms with Crippen LogP contribution in [-0.2, 0) is 11.3 Å². The van der Waals surface area contributed by atoms with Gasteiger partial charge in [-0.2, -0.15) is 0 Å². The number of hydrogen-bond acceptors (Lipinski definition) is 2. The van der Waals surface area contributed by atoms with E-state index >= 15 is 0 Å². The number of guanidine groups is 1. The van der Waals surface area contributed by atoms with Crippen molar-refractivity contribution in [1.29, 1.82) is 0 Å². The van der Waals surface area contributed by atoms with Crippen LogP contribution in [0.15, 0.2) is 29.3 Å². The smallest absolute Gasteiger partial charge is 0.224 e. The molecule has 0 saturated heterocycles. The maximum atomic E-state index is 11.9. The SMILES string of the molecule is CCNC(=NCc1cccc(NC(=O)CC(C)C)c1)NCC(C)C. The lowest BCUT2D eigenvalue weighted by Crippen LogP contribution is -2.39. The average Bonchev–Trinajstić information content (AvgIpc) is 2.49. The first kappa shape index (κ1) is 20.0. The summed E-state index contributed by atoms with van der Waals surface area (Å²) >= 11 is 0. The van der Waals surface area contributed by atoms with Gasteiger partial charge in [-0.15, -0.1) is 0 Å². The molecule has 134 valence electrons. The van der Waals surface area contributed by atoms with Crippen molar-refractivity contribution in [2.24, 2.45) is 16.8 Å². The largest absolute Gasteiger partial charge is 0.357 e. The van der Waals surface area contributed by atoms with Gasteiger partial charge in [0.25, 0.3) is 0 Å². The van der Waals surface area contributed by atoms with Crippen LogP contribution in [0, 0.1) is 11.8 Å². The first-order valence-electron chi connectivity index (χ1n) is 8.81. The molecular weight excluding hydrogens is 300 g/mol.